The van der Waals surface area contributed by atoms with Crippen molar-refractivity contribution >= 4 is 50.1 Å². The van der Waals surface area contributed by atoms with E-state index in [0.717, 1.165) is 15.7 Å². The normalized spacial score (nSPS) is 10.3. The molecule has 2 aromatic rings. The average molecular weight is 438 g/mol. The predicted molar refractivity (Wildman–Crippen MR) is 81.2 cm³/mol. The molecule has 0 radical (unpaired) electrons. The van der Waals surface area contributed by atoms with Gasteiger partial charge in [0, 0.05) is 13.7 Å². The van der Waals surface area contributed by atoms with Gasteiger partial charge in [-0.2, -0.15) is 0 Å². The molecule has 6 heteroatoms. The highest BCUT2D eigenvalue weighted by atomic mass is 127. The van der Waals surface area contributed by atoms with E-state index >= 15 is 0 Å². The summed E-state index contributed by atoms with van der Waals surface area (Å²) in [5.41, 5.74) is -0.117. The Morgan fingerprint density at radius 2 is 1.63 bits per heavy atom. The van der Waals surface area contributed by atoms with Gasteiger partial charge in [0.1, 0.15) is 17.2 Å². The molecule has 1 amide bonds. The first-order chi connectivity index (χ1) is 8.97. The van der Waals surface area contributed by atoms with Crippen molar-refractivity contribution in [2.45, 2.75) is 0 Å². The molecule has 0 aliphatic carbocycles. The van der Waals surface area contributed by atoms with Crippen LogP contribution in [0.5, 0.6) is 0 Å². The van der Waals surface area contributed by atoms with Gasteiger partial charge in [0.15, 0.2) is 0 Å². The van der Waals surface area contributed by atoms with E-state index in [1.807, 2.05) is 0 Å². The molecule has 2 aromatic carbocycles. The van der Waals surface area contributed by atoms with Crippen LogP contribution in [-0.4, -0.2) is 5.91 Å². The van der Waals surface area contributed by atoms with E-state index in [4.69, 9.17) is 0 Å². The van der Waals surface area contributed by atoms with Crippen molar-refractivity contribution in [1.82, 2.24) is 0 Å². The molecular formula is C13H7BrF2INO. The fourth-order valence-corrected chi connectivity index (χ4v) is 2.25. The van der Waals surface area contributed by atoms with E-state index in [1.165, 1.54) is 0 Å². The first-order valence-electron chi connectivity index (χ1n) is 5.19. The average Bonchev–Trinajstić information content (AvgIpc) is 2.30. The first kappa shape index (κ1) is 14.4. The minimum Gasteiger partial charge on any atom is -0.322 e. The molecule has 0 saturated heterocycles. The van der Waals surface area contributed by atoms with Crippen LogP contribution in [0, 0.1) is 15.2 Å². The highest BCUT2D eigenvalue weighted by molar-refractivity contribution is 14.1. The zero-order valence-corrected chi connectivity index (χ0v) is 13.1. The molecule has 0 bridgehead atoms. The Hall–Kier alpha value is -1.02. The van der Waals surface area contributed by atoms with Gasteiger partial charge in [0.2, 0.25) is 0 Å². The summed E-state index contributed by atoms with van der Waals surface area (Å²) in [4.78, 5) is 11.8. The van der Waals surface area contributed by atoms with Gasteiger partial charge in [0.05, 0.1) is 0 Å². The van der Waals surface area contributed by atoms with Gasteiger partial charge in [-0.25, -0.2) is 8.78 Å². The second-order valence-corrected chi connectivity index (χ2v) is 5.87. The summed E-state index contributed by atoms with van der Waals surface area (Å²) in [6.07, 6.45) is 0. The van der Waals surface area contributed by atoms with Crippen molar-refractivity contribution < 1.29 is 13.6 Å². The number of carbonyl (C=O) groups is 1. The summed E-state index contributed by atoms with van der Waals surface area (Å²) in [7, 11) is 0. The van der Waals surface area contributed by atoms with Gasteiger partial charge in [0.25, 0.3) is 5.91 Å². The highest BCUT2D eigenvalue weighted by Gasteiger charge is 2.18. The lowest BCUT2D eigenvalue weighted by Gasteiger charge is -2.07. The standard InChI is InChI=1S/C13H7BrF2INO/c14-7-5-10(15)12(11(16)6-7)13(19)18-9-3-1-8(17)2-4-9/h1-6H,(H,18,19). The summed E-state index contributed by atoms with van der Waals surface area (Å²) in [5, 5.41) is 2.45. The number of benzene rings is 2. The maximum Gasteiger partial charge on any atom is 0.261 e. The van der Waals surface area contributed by atoms with Crippen LogP contribution in [0.4, 0.5) is 14.5 Å². The molecule has 98 valence electrons. The van der Waals surface area contributed by atoms with E-state index in [0.29, 0.717) is 5.69 Å². The summed E-state index contributed by atoms with van der Waals surface area (Å²) >= 11 is 5.08. The second-order valence-electron chi connectivity index (χ2n) is 3.71. The topological polar surface area (TPSA) is 29.1 Å². The lowest BCUT2D eigenvalue weighted by molar-refractivity contribution is 0.101. The fourth-order valence-electron chi connectivity index (χ4n) is 1.49. The van der Waals surface area contributed by atoms with Crippen LogP contribution < -0.4 is 5.32 Å². The molecule has 19 heavy (non-hydrogen) atoms. The smallest absolute Gasteiger partial charge is 0.261 e. The van der Waals surface area contributed by atoms with Gasteiger partial charge < -0.3 is 5.32 Å². The summed E-state index contributed by atoms with van der Waals surface area (Å²) in [6.45, 7) is 0. The number of rotatable bonds is 2. The van der Waals surface area contributed by atoms with Crippen molar-refractivity contribution in [3.63, 3.8) is 0 Å². The quantitative estimate of drug-likeness (QED) is 0.684. The molecule has 0 aromatic heterocycles. The van der Waals surface area contributed by atoms with Crippen LogP contribution in [0.2, 0.25) is 0 Å². The van der Waals surface area contributed by atoms with E-state index in [9.17, 15) is 13.6 Å². The Labute approximate surface area is 130 Å². The minimum absolute atomic E-state index is 0.244. The summed E-state index contributed by atoms with van der Waals surface area (Å²) in [5.74, 6) is -2.63. The van der Waals surface area contributed by atoms with Gasteiger partial charge in [-0.05, 0) is 59.0 Å². The van der Waals surface area contributed by atoms with Crippen LogP contribution in [0.1, 0.15) is 10.4 Å². The van der Waals surface area contributed by atoms with Crippen molar-refractivity contribution in [2.24, 2.45) is 0 Å². The zero-order valence-electron chi connectivity index (χ0n) is 9.38. The molecule has 0 atom stereocenters. The lowest BCUT2D eigenvalue weighted by Crippen LogP contribution is -2.15. The maximum absolute atomic E-state index is 13.6. The van der Waals surface area contributed by atoms with Crippen LogP contribution in [0.25, 0.3) is 0 Å². The Balaban J connectivity index is 2.28. The third-order valence-corrected chi connectivity index (χ3v) is 3.51. The summed E-state index contributed by atoms with van der Waals surface area (Å²) in [6, 6.07) is 8.98. The summed E-state index contributed by atoms with van der Waals surface area (Å²) < 4.78 is 28.4. The molecule has 0 aliphatic heterocycles. The van der Waals surface area contributed by atoms with Gasteiger partial charge in [-0.15, -0.1) is 0 Å². The Kier molecular flexibility index (Phi) is 4.51. The van der Waals surface area contributed by atoms with Crippen molar-refractivity contribution in [3.05, 3.63) is 61.6 Å². The monoisotopic (exact) mass is 437 g/mol. The van der Waals surface area contributed by atoms with Crippen LogP contribution in [0.15, 0.2) is 40.9 Å². The third-order valence-electron chi connectivity index (χ3n) is 2.34. The van der Waals surface area contributed by atoms with E-state index in [2.05, 4.69) is 43.8 Å². The van der Waals surface area contributed by atoms with Crippen molar-refractivity contribution in [3.8, 4) is 0 Å². The molecule has 1 N–H and O–H groups in total. The number of hydrogen-bond donors (Lipinski definition) is 1. The number of halogens is 4. The second kappa shape index (κ2) is 5.96. The number of hydrogen-bond acceptors (Lipinski definition) is 1. The van der Waals surface area contributed by atoms with E-state index < -0.39 is 23.1 Å². The largest absolute Gasteiger partial charge is 0.322 e. The molecule has 0 unspecified atom stereocenters. The maximum atomic E-state index is 13.6. The van der Waals surface area contributed by atoms with Gasteiger partial charge >= 0.3 is 0 Å². The Morgan fingerprint density at radius 3 is 2.16 bits per heavy atom. The molecule has 0 fully saturated rings. The molecule has 0 heterocycles. The Bertz CT molecular complexity index is 608. The van der Waals surface area contributed by atoms with Crippen molar-refractivity contribution in [2.75, 3.05) is 5.32 Å². The molecule has 2 rings (SSSR count). The molecule has 2 nitrogen and oxygen atoms in total. The van der Waals surface area contributed by atoms with Gasteiger partial charge in [-0.3, -0.25) is 4.79 Å². The zero-order chi connectivity index (χ0) is 14.0. The van der Waals surface area contributed by atoms with Crippen LogP contribution >= 0.6 is 38.5 Å². The number of amides is 1. The van der Waals surface area contributed by atoms with E-state index in [1.54, 1.807) is 24.3 Å². The van der Waals surface area contributed by atoms with Gasteiger partial charge in [-0.1, -0.05) is 15.9 Å². The number of nitrogens with one attached hydrogen (secondary N) is 1. The van der Waals surface area contributed by atoms with Crippen molar-refractivity contribution in [1.29, 1.82) is 0 Å². The highest BCUT2D eigenvalue weighted by Crippen LogP contribution is 2.21. The van der Waals surface area contributed by atoms with Crippen LogP contribution in [-0.2, 0) is 0 Å². The number of anilines is 1. The molecule has 0 saturated carbocycles. The predicted octanol–water partition coefficient (Wildman–Crippen LogP) is 4.58. The first-order valence-corrected chi connectivity index (χ1v) is 7.06. The van der Waals surface area contributed by atoms with E-state index in [-0.39, 0.29) is 4.47 Å². The minimum atomic E-state index is -0.908. The Morgan fingerprint density at radius 1 is 1.11 bits per heavy atom. The molecule has 0 aliphatic rings. The third kappa shape index (κ3) is 3.50. The molecule has 0 spiro atoms. The molecular weight excluding hydrogens is 431 g/mol. The number of carbonyl (C=O) groups excluding carboxylic acids is 1. The fraction of sp³-hybridized carbons (Fsp3) is 0. The van der Waals surface area contributed by atoms with Crippen LogP contribution in [0.3, 0.4) is 0 Å². The SMILES string of the molecule is O=C(Nc1ccc(I)cc1)c1c(F)cc(Br)cc1F. The lowest BCUT2D eigenvalue weighted by atomic mass is 10.2.